The van der Waals surface area contributed by atoms with Crippen LogP contribution in [-0.2, 0) is 9.59 Å². The quantitative estimate of drug-likeness (QED) is 0.734. The molecule has 2 heterocycles. The second-order valence-electron chi connectivity index (χ2n) is 9.48. The van der Waals surface area contributed by atoms with E-state index in [1.807, 2.05) is 49.6 Å². The summed E-state index contributed by atoms with van der Waals surface area (Å²) >= 11 is 0. The van der Waals surface area contributed by atoms with Gasteiger partial charge in [0.2, 0.25) is 11.8 Å². The Labute approximate surface area is 192 Å². The number of rotatable bonds is 6. The van der Waals surface area contributed by atoms with Crippen molar-refractivity contribution in [2.75, 3.05) is 39.3 Å². The minimum absolute atomic E-state index is 0.0190. The lowest BCUT2D eigenvalue weighted by molar-refractivity contribution is -0.140. The third kappa shape index (κ3) is 5.88. The first-order chi connectivity index (χ1) is 15.3. The molecule has 1 aromatic carbocycles. The van der Waals surface area contributed by atoms with Gasteiger partial charge in [-0.05, 0) is 51.2 Å². The fourth-order valence-corrected chi connectivity index (χ4v) is 4.50. The average Bonchev–Trinajstić information content (AvgIpc) is 2.82. The first kappa shape index (κ1) is 24.2. The van der Waals surface area contributed by atoms with Crippen LogP contribution in [0.4, 0.5) is 0 Å². The molecule has 2 saturated heterocycles. The molecule has 0 saturated carbocycles. The number of amides is 3. The van der Waals surface area contributed by atoms with Crippen LogP contribution < -0.4 is 5.32 Å². The fraction of sp³-hybridized carbons (Fsp3) is 0.640. The molecule has 3 rings (SSSR count). The first-order valence-corrected chi connectivity index (χ1v) is 12.0. The molecular weight excluding hydrogens is 404 g/mol. The van der Waals surface area contributed by atoms with Crippen molar-refractivity contribution in [1.29, 1.82) is 0 Å². The molecule has 0 aromatic heterocycles. The van der Waals surface area contributed by atoms with Gasteiger partial charge < -0.3 is 15.1 Å². The van der Waals surface area contributed by atoms with Gasteiger partial charge in [0.25, 0.3) is 5.91 Å². The number of hydrogen-bond donors (Lipinski definition) is 1. The van der Waals surface area contributed by atoms with E-state index in [9.17, 15) is 14.4 Å². The van der Waals surface area contributed by atoms with Crippen LogP contribution in [0.2, 0.25) is 0 Å². The number of piperidine rings is 1. The Balaban J connectivity index is 1.55. The van der Waals surface area contributed by atoms with E-state index in [4.69, 9.17) is 0 Å². The Morgan fingerprint density at radius 1 is 0.781 bits per heavy atom. The van der Waals surface area contributed by atoms with Crippen molar-refractivity contribution in [3.8, 4) is 0 Å². The van der Waals surface area contributed by atoms with Crippen LogP contribution in [-0.4, -0.2) is 83.8 Å². The fourth-order valence-electron chi connectivity index (χ4n) is 4.50. The van der Waals surface area contributed by atoms with E-state index in [0.717, 1.165) is 31.5 Å². The normalized spacial score (nSPS) is 19.5. The zero-order valence-electron chi connectivity index (χ0n) is 20.0. The van der Waals surface area contributed by atoms with Crippen LogP contribution in [0.1, 0.15) is 56.0 Å². The van der Waals surface area contributed by atoms with Gasteiger partial charge in [-0.25, -0.2) is 0 Å². The highest BCUT2D eigenvalue weighted by Crippen LogP contribution is 2.16. The number of piperazine rings is 1. The Kier molecular flexibility index (Phi) is 8.29. The Morgan fingerprint density at radius 2 is 1.34 bits per heavy atom. The number of hydrogen-bond acceptors (Lipinski definition) is 4. The molecule has 0 aliphatic carbocycles. The monoisotopic (exact) mass is 442 g/mol. The SMILES string of the molecule is Cc1ccc(C(=O)NC(C(=O)N2CCN(C(C)C(=O)N3CCCCC3)CC2)C(C)C)cc1. The number of nitrogens with zero attached hydrogens (tertiary/aromatic N) is 3. The smallest absolute Gasteiger partial charge is 0.251 e. The van der Waals surface area contributed by atoms with Crippen LogP contribution >= 0.6 is 0 Å². The van der Waals surface area contributed by atoms with Gasteiger partial charge in [-0.2, -0.15) is 0 Å². The number of benzene rings is 1. The van der Waals surface area contributed by atoms with Crippen LogP contribution in [0.3, 0.4) is 0 Å². The van der Waals surface area contributed by atoms with Gasteiger partial charge in [-0.1, -0.05) is 31.5 Å². The first-order valence-electron chi connectivity index (χ1n) is 12.0. The zero-order chi connectivity index (χ0) is 23.3. The van der Waals surface area contributed by atoms with Crippen LogP contribution in [0.5, 0.6) is 0 Å². The van der Waals surface area contributed by atoms with Gasteiger partial charge in [-0.15, -0.1) is 0 Å². The number of nitrogens with one attached hydrogen (secondary N) is 1. The van der Waals surface area contributed by atoms with Crippen molar-refractivity contribution in [3.63, 3.8) is 0 Å². The summed E-state index contributed by atoms with van der Waals surface area (Å²) in [6.45, 7) is 12.1. The van der Waals surface area contributed by atoms with E-state index >= 15 is 0 Å². The Hall–Kier alpha value is -2.41. The number of carbonyl (C=O) groups excluding carboxylic acids is 3. The van der Waals surface area contributed by atoms with E-state index in [1.165, 1.54) is 6.42 Å². The van der Waals surface area contributed by atoms with Crippen molar-refractivity contribution in [3.05, 3.63) is 35.4 Å². The summed E-state index contributed by atoms with van der Waals surface area (Å²) in [6, 6.07) is 6.63. The minimum atomic E-state index is -0.567. The largest absolute Gasteiger partial charge is 0.341 e. The van der Waals surface area contributed by atoms with Gasteiger partial charge in [-0.3, -0.25) is 19.3 Å². The molecule has 7 heteroatoms. The molecule has 0 spiro atoms. The van der Waals surface area contributed by atoms with Gasteiger partial charge >= 0.3 is 0 Å². The van der Waals surface area contributed by atoms with Crippen molar-refractivity contribution in [2.24, 2.45) is 5.92 Å². The van der Waals surface area contributed by atoms with E-state index < -0.39 is 6.04 Å². The summed E-state index contributed by atoms with van der Waals surface area (Å²) in [6.07, 6.45) is 3.38. The van der Waals surface area contributed by atoms with Crippen LogP contribution in [0.15, 0.2) is 24.3 Å². The maximum Gasteiger partial charge on any atom is 0.251 e. The minimum Gasteiger partial charge on any atom is -0.341 e. The van der Waals surface area contributed by atoms with Crippen molar-refractivity contribution in [1.82, 2.24) is 20.0 Å². The van der Waals surface area contributed by atoms with Gasteiger partial charge in [0, 0.05) is 44.8 Å². The topological polar surface area (TPSA) is 73.0 Å². The number of likely N-dealkylation sites (tertiary alicyclic amines) is 1. The Morgan fingerprint density at radius 3 is 1.91 bits per heavy atom. The molecule has 7 nitrogen and oxygen atoms in total. The maximum atomic E-state index is 13.2. The number of aryl methyl sites for hydroxylation is 1. The third-order valence-corrected chi connectivity index (χ3v) is 6.73. The molecule has 0 bridgehead atoms. The van der Waals surface area contributed by atoms with Gasteiger partial charge in [0.1, 0.15) is 6.04 Å². The molecule has 2 fully saturated rings. The molecule has 2 aliphatic rings. The third-order valence-electron chi connectivity index (χ3n) is 6.73. The van der Waals surface area contributed by atoms with E-state index in [1.54, 1.807) is 12.1 Å². The molecule has 32 heavy (non-hydrogen) atoms. The molecule has 2 atom stereocenters. The summed E-state index contributed by atoms with van der Waals surface area (Å²) in [5.74, 6) is -0.0871. The van der Waals surface area contributed by atoms with Gasteiger partial charge in [0.15, 0.2) is 0 Å². The summed E-state index contributed by atoms with van der Waals surface area (Å²) in [4.78, 5) is 44.8. The molecule has 2 aliphatic heterocycles. The molecule has 0 radical (unpaired) electrons. The summed E-state index contributed by atoms with van der Waals surface area (Å²) in [5.41, 5.74) is 1.65. The van der Waals surface area contributed by atoms with Crippen molar-refractivity contribution < 1.29 is 14.4 Å². The Bertz CT molecular complexity index is 794. The molecule has 1 N–H and O–H groups in total. The van der Waals surface area contributed by atoms with Crippen molar-refractivity contribution >= 4 is 17.7 Å². The predicted octanol–water partition coefficient (Wildman–Crippen LogP) is 2.29. The zero-order valence-corrected chi connectivity index (χ0v) is 20.0. The number of carbonyl (C=O) groups is 3. The van der Waals surface area contributed by atoms with E-state index in [-0.39, 0.29) is 29.7 Å². The highest BCUT2D eigenvalue weighted by atomic mass is 16.2. The van der Waals surface area contributed by atoms with Gasteiger partial charge in [0.05, 0.1) is 6.04 Å². The van der Waals surface area contributed by atoms with Crippen molar-refractivity contribution in [2.45, 2.75) is 59.0 Å². The van der Waals surface area contributed by atoms with Crippen LogP contribution in [0, 0.1) is 12.8 Å². The summed E-state index contributed by atoms with van der Waals surface area (Å²) in [7, 11) is 0. The maximum absolute atomic E-state index is 13.2. The molecule has 176 valence electrons. The predicted molar refractivity (Wildman–Crippen MR) is 125 cm³/mol. The molecule has 3 amide bonds. The molecular formula is C25H38N4O3. The highest BCUT2D eigenvalue weighted by molar-refractivity contribution is 5.97. The second kappa shape index (κ2) is 10.9. The average molecular weight is 443 g/mol. The lowest BCUT2D eigenvalue weighted by atomic mass is 10.0. The lowest BCUT2D eigenvalue weighted by Gasteiger charge is -2.40. The molecule has 2 unspecified atom stereocenters. The van der Waals surface area contributed by atoms with Crippen LogP contribution in [0.25, 0.3) is 0 Å². The summed E-state index contributed by atoms with van der Waals surface area (Å²) < 4.78 is 0. The van der Waals surface area contributed by atoms with E-state index in [2.05, 4.69) is 10.2 Å². The highest BCUT2D eigenvalue weighted by Gasteiger charge is 2.34. The standard InChI is InChI=1S/C25H38N4O3/c1-18(2)22(26-23(30)21-10-8-19(3)9-11-21)25(32)29-16-14-27(15-17-29)20(4)24(31)28-12-6-5-7-13-28/h8-11,18,20,22H,5-7,12-17H2,1-4H3,(H,26,30). The van der Waals surface area contributed by atoms with E-state index in [0.29, 0.717) is 31.7 Å². The lowest BCUT2D eigenvalue weighted by Crippen LogP contribution is -2.59. The summed E-state index contributed by atoms with van der Waals surface area (Å²) in [5, 5.41) is 2.94. The molecule has 1 aromatic rings. The second-order valence-corrected chi connectivity index (χ2v) is 9.48.